The van der Waals surface area contributed by atoms with Crippen molar-refractivity contribution in [3.63, 3.8) is 0 Å². The number of aliphatic hydroxyl groups excluding tert-OH is 1. The van der Waals surface area contributed by atoms with Gasteiger partial charge in [0.05, 0.1) is 13.6 Å². The van der Waals surface area contributed by atoms with E-state index >= 15 is 0 Å². The lowest BCUT2D eigenvalue weighted by molar-refractivity contribution is -0.885. The second-order valence-corrected chi connectivity index (χ2v) is 11.2. The van der Waals surface area contributed by atoms with Crippen LogP contribution in [0.2, 0.25) is 0 Å². The van der Waals surface area contributed by atoms with Crippen LogP contribution in [-0.2, 0) is 9.53 Å². The lowest BCUT2D eigenvalue weighted by Gasteiger charge is -2.50. The fourth-order valence-corrected chi connectivity index (χ4v) is 6.92. The van der Waals surface area contributed by atoms with E-state index in [1.807, 2.05) is 37.4 Å². The van der Waals surface area contributed by atoms with Gasteiger partial charge >= 0.3 is 5.97 Å². The summed E-state index contributed by atoms with van der Waals surface area (Å²) in [6.07, 6.45) is 4.92. The maximum atomic E-state index is 12.8. The van der Waals surface area contributed by atoms with Gasteiger partial charge in [-0.3, -0.25) is 4.79 Å². The smallest absolute Gasteiger partial charge is 0.315 e. The molecule has 5 nitrogen and oxygen atoms in total. The number of ether oxygens (including phenoxy) is 2. The molecule has 5 heteroatoms. The Morgan fingerprint density at radius 1 is 1.26 bits per heavy atom. The van der Waals surface area contributed by atoms with Crippen LogP contribution in [0, 0.1) is 23.2 Å². The topological polar surface area (TPSA) is 60.2 Å². The first-order valence-electron chi connectivity index (χ1n) is 12.8. The van der Waals surface area contributed by atoms with E-state index in [0.717, 1.165) is 40.7 Å². The molecule has 2 aromatic carbocycles. The second-order valence-electron chi connectivity index (χ2n) is 11.2. The zero-order valence-electron chi connectivity index (χ0n) is 20.5. The molecule has 0 spiro atoms. The average Bonchev–Trinajstić information content (AvgIpc) is 3.09. The Kier molecular flexibility index (Phi) is 6.43. The molecule has 0 amide bonds. The number of esters is 1. The Labute approximate surface area is 202 Å². The van der Waals surface area contributed by atoms with E-state index in [-0.39, 0.29) is 35.9 Å². The molecule has 0 radical (unpaired) electrons. The molecule has 1 aliphatic heterocycles. The van der Waals surface area contributed by atoms with Crippen molar-refractivity contribution < 1.29 is 24.3 Å². The summed E-state index contributed by atoms with van der Waals surface area (Å²) < 4.78 is 11.9. The maximum Gasteiger partial charge on any atom is 0.315 e. The third kappa shape index (κ3) is 4.48. The van der Waals surface area contributed by atoms with Crippen LogP contribution in [0.1, 0.15) is 39.0 Å². The van der Waals surface area contributed by atoms with Gasteiger partial charge < -0.3 is 19.5 Å². The minimum absolute atomic E-state index is 0.0390. The summed E-state index contributed by atoms with van der Waals surface area (Å²) in [5.74, 6) is 1.40. The number of fused-ring (bicyclic) bond motifs is 3. The van der Waals surface area contributed by atoms with Gasteiger partial charge in [0.1, 0.15) is 37.0 Å². The van der Waals surface area contributed by atoms with Gasteiger partial charge in [-0.05, 0) is 54.9 Å². The van der Waals surface area contributed by atoms with Crippen molar-refractivity contribution in [1.29, 1.82) is 0 Å². The third-order valence-corrected chi connectivity index (χ3v) is 8.65. The van der Waals surface area contributed by atoms with Crippen LogP contribution in [0.3, 0.4) is 0 Å². The van der Waals surface area contributed by atoms with Crippen LogP contribution in [0.4, 0.5) is 0 Å². The van der Waals surface area contributed by atoms with Crippen molar-refractivity contribution in [1.82, 2.24) is 0 Å². The summed E-state index contributed by atoms with van der Waals surface area (Å²) in [5.41, 5.74) is 1.59. The molecule has 0 bridgehead atoms. The van der Waals surface area contributed by atoms with Crippen LogP contribution in [0.25, 0.3) is 10.8 Å². The highest BCUT2D eigenvalue weighted by Crippen LogP contribution is 2.56. The number of carbonyl (C=O) groups is 1. The second kappa shape index (κ2) is 9.35. The number of nitrogens with one attached hydrogen (secondary N) is 1. The number of carbonyl (C=O) groups excluding carboxylic acids is 1. The zero-order valence-corrected chi connectivity index (χ0v) is 20.5. The molecule has 2 aliphatic carbocycles. The van der Waals surface area contributed by atoms with Gasteiger partial charge in [0.2, 0.25) is 0 Å². The van der Waals surface area contributed by atoms with E-state index in [1.54, 1.807) is 0 Å². The van der Waals surface area contributed by atoms with Crippen LogP contribution in [-0.4, -0.2) is 50.0 Å². The molecule has 7 atom stereocenters. The summed E-state index contributed by atoms with van der Waals surface area (Å²) in [6, 6.07) is 14.1. The first-order chi connectivity index (χ1) is 16.3. The lowest BCUT2D eigenvalue weighted by Crippen LogP contribution is -3.11. The van der Waals surface area contributed by atoms with E-state index in [4.69, 9.17) is 9.47 Å². The third-order valence-electron chi connectivity index (χ3n) is 8.65. The van der Waals surface area contributed by atoms with Crippen LogP contribution in [0.15, 0.2) is 54.6 Å². The van der Waals surface area contributed by atoms with Crippen LogP contribution in [0.5, 0.6) is 5.75 Å². The van der Waals surface area contributed by atoms with E-state index in [2.05, 4.69) is 25.6 Å². The molecular formula is C29H38NO4+. The summed E-state index contributed by atoms with van der Waals surface area (Å²) in [6.45, 7) is 8.19. The van der Waals surface area contributed by atoms with Crippen molar-refractivity contribution in [2.45, 2.75) is 51.2 Å². The minimum Gasteiger partial charge on any atom is -0.490 e. The molecule has 0 aromatic heterocycles. The van der Waals surface area contributed by atoms with Crippen molar-refractivity contribution in [2.24, 2.45) is 23.2 Å². The predicted octanol–water partition coefficient (Wildman–Crippen LogP) is 3.41. The van der Waals surface area contributed by atoms with Crippen molar-refractivity contribution in [3.05, 3.63) is 54.6 Å². The first kappa shape index (κ1) is 23.4. The summed E-state index contributed by atoms with van der Waals surface area (Å²) in [4.78, 5) is 14.0. The number of aliphatic hydroxyl groups is 1. The number of quaternary nitrogens is 1. The van der Waals surface area contributed by atoms with Gasteiger partial charge in [-0.15, -0.1) is 0 Å². The number of hydrogen-bond donors (Lipinski definition) is 2. The Morgan fingerprint density at radius 3 is 2.91 bits per heavy atom. The van der Waals surface area contributed by atoms with E-state index in [9.17, 15) is 9.90 Å². The lowest BCUT2D eigenvalue weighted by atomic mass is 9.55. The molecule has 1 saturated heterocycles. The molecule has 2 aromatic rings. The molecule has 182 valence electrons. The molecule has 4 unspecified atom stereocenters. The van der Waals surface area contributed by atoms with Crippen molar-refractivity contribution >= 4 is 16.7 Å². The SMILES string of the molecule is C=C1CCC[C@]2(C)C[C@H]3OC(=O)C(C[NH+](C)CC(O)COc4cccc5ccccc45)[C@H]3CC12. The van der Waals surface area contributed by atoms with Gasteiger partial charge in [-0.1, -0.05) is 55.5 Å². The Morgan fingerprint density at radius 2 is 2.06 bits per heavy atom. The fourth-order valence-electron chi connectivity index (χ4n) is 6.92. The van der Waals surface area contributed by atoms with Gasteiger partial charge in [0, 0.05) is 11.3 Å². The quantitative estimate of drug-likeness (QED) is 0.487. The highest BCUT2D eigenvalue weighted by atomic mass is 16.6. The monoisotopic (exact) mass is 464 g/mol. The molecule has 3 aliphatic rings. The van der Waals surface area contributed by atoms with Crippen molar-refractivity contribution in [3.8, 4) is 5.75 Å². The van der Waals surface area contributed by atoms with Gasteiger partial charge in [-0.25, -0.2) is 0 Å². The van der Waals surface area contributed by atoms with Crippen LogP contribution < -0.4 is 9.64 Å². The van der Waals surface area contributed by atoms with Crippen molar-refractivity contribution in [2.75, 3.05) is 26.7 Å². The average molecular weight is 465 g/mol. The zero-order chi connectivity index (χ0) is 23.9. The van der Waals surface area contributed by atoms with E-state index in [1.165, 1.54) is 18.4 Å². The number of benzene rings is 2. The van der Waals surface area contributed by atoms with Gasteiger partial charge in [0.15, 0.2) is 0 Å². The molecule has 2 saturated carbocycles. The van der Waals surface area contributed by atoms with Gasteiger partial charge in [0.25, 0.3) is 0 Å². The normalized spacial score (nSPS) is 32.6. The number of rotatable bonds is 7. The summed E-state index contributed by atoms with van der Waals surface area (Å²) in [7, 11) is 2.05. The fraction of sp³-hybridized carbons (Fsp3) is 0.552. The first-order valence-corrected chi connectivity index (χ1v) is 12.8. The largest absolute Gasteiger partial charge is 0.490 e. The summed E-state index contributed by atoms with van der Waals surface area (Å²) in [5, 5.41) is 12.8. The number of hydrogen-bond acceptors (Lipinski definition) is 4. The minimum atomic E-state index is -0.611. The van der Waals surface area contributed by atoms with E-state index < -0.39 is 6.10 Å². The predicted molar refractivity (Wildman–Crippen MR) is 133 cm³/mol. The number of likely N-dealkylation sites (N-methyl/N-ethyl adjacent to an activating group) is 1. The standard InChI is InChI=1S/C29H37NO4/c1-19-8-7-13-29(2)15-27-23(14-25(19)29)24(28(32)34-27)17-30(3)16-21(31)18-33-26-12-6-10-20-9-4-5-11-22(20)26/h4-6,9-12,21,23-25,27,31H,1,7-8,13-18H2,2-3H3/p+1/t21?,23-,24?,25?,27-,29-/m1/s1. The van der Waals surface area contributed by atoms with Gasteiger partial charge in [-0.2, -0.15) is 0 Å². The highest BCUT2D eigenvalue weighted by Gasteiger charge is 2.55. The Balaban J connectivity index is 1.17. The molecular weight excluding hydrogens is 426 g/mol. The summed E-state index contributed by atoms with van der Waals surface area (Å²) >= 11 is 0. The van der Waals surface area contributed by atoms with Crippen LogP contribution >= 0.6 is 0 Å². The molecule has 34 heavy (non-hydrogen) atoms. The maximum absolute atomic E-state index is 12.8. The highest BCUT2D eigenvalue weighted by molar-refractivity contribution is 5.88. The van der Waals surface area contributed by atoms with E-state index in [0.29, 0.717) is 19.0 Å². The number of allylic oxidation sites excluding steroid dienone is 1. The molecule has 5 rings (SSSR count). The molecule has 1 heterocycles. The Bertz CT molecular complexity index is 1060. The Hall–Kier alpha value is -2.37. The molecule has 2 N–H and O–H groups in total. The molecule has 3 fully saturated rings.